The summed E-state index contributed by atoms with van der Waals surface area (Å²) in [6, 6.07) is 0.924. The van der Waals surface area contributed by atoms with Crippen LogP contribution in [0.4, 0.5) is 32.0 Å². The van der Waals surface area contributed by atoms with Crippen molar-refractivity contribution in [2.75, 3.05) is 5.32 Å². The van der Waals surface area contributed by atoms with E-state index in [9.17, 15) is 31.1 Å². The lowest BCUT2D eigenvalue weighted by molar-refractivity contribution is -0.143. The minimum Gasteiger partial charge on any atom is -0.326 e. The van der Waals surface area contributed by atoms with Crippen LogP contribution < -0.4 is 5.32 Å². The van der Waals surface area contributed by atoms with Crippen molar-refractivity contribution in [1.82, 2.24) is 0 Å². The average molecular weight is 285 g/mol. The fourth-order valence-electron chi connectivity index (χ4n) is 1.28. The lowest BCUT2D eigenvalue weighted by atomic mass is 10.1. The molecule has 0 unspecified atom stereocenters. The molecular weight excluding hydrogens is 276 g/mol. The van der Waals surface area contributed by atoms with Gasteiger partial charge in [0.25, 0.3) is 0 Å². The molecule has 8 heteroatoms. The summed E-state index contributed by atoms with van der Waals surface area (Å²) < 4.78 is 74.9. The fourth-order valence-corrected chi connectivity index (χ4v) is 1.28. The zero-order valence-corrected chi connectivity index (χ0v) is 9.62. The Kier molecular flexibility index (Phi) is 4.12. The van der Waals surface area contributed by atoms with Gasteiger partial charge in [-0.1, -0.05) is 6.92 Å². The topological polar surface area (TPSA) is 29.1 Å². The number of anilines is 1. The van der Waals surface area contributed by atoms with Gasteiger partial charge in [-0.05, 0) is 18.2 Å². The molecule has 1 N–H and O–H groups in total. The molecule has 0 heterocycles. The maximum Gasteiger partial charge on any atom is 0.416 e. The number of rotatable bonds is 2. The largest absolute Gasteiger partial charge is 0.416 e. The first kappa shape index (κ1) is 15.3. The minimum atomic E-state index is -4.92. The first-order valence-electron chi connectivity index (χ1n) is 5.13. The Morgan fingerprint density at radius 3 is 1.74 bits per heavy atom. The first-order chi connectivity index (χ1) is 8.54. The summed E-state index contributed by atoms with van der Waals surface area (Å²) in [6.07, 6.45) is -9.91. The van der Waals surface area contributed by atoms with E-state index in [0.29, 0.717) is 12.1 Å². The number of amides is 1. The molecule has 0 saturated carbocycles. The predicted octanol–water partition coefficient (Wildman–Crippen LogP) is 4.07. The zero-order valence-electron chi connectivity index (χ0n) is 9.62. The number of carbonyl (C=O) groups is 1. The van der Waals surface area contributed by atoms with Crippen LogP contribution in [0.25, 0.3) is 0 Å². The summed E-state index contributed by atoms with van der Waals surface area (Å²) in [5.74, 6) is -0.674. The molecular formula is C11H9F6NO. The highest BCUT2D eigenvalue weighted by Gasteiger charge is 2.37. The molecule has 0 atom stereocenters. The number of halogens is 6. The second-order valence-electron chi connectivity index (χ2n) is 3.70. The highest BCUT2D eigenvalue weighted by Crippen LogP contribution is 2.37. The van der Waals surface area contributed by atoms with Crippen LogP contribution in [0, 0.1) is 0 Å². The number of carbonyl (C=O) groups excluding carboxylic acids is 1. The number of hydrogen-bond acceptors (Lipinski definition) is 1. The molecule has 2 nitrogen and oxygen atoms in total. The van der Waals surface area contributed by atoms with E-state index in [2.05, 4.69) is 0 Å². The van der Waals surface area contributed by atoms with E-state index < -0.39 is 35.1 Å². The minimum absolute atomic E-state index is 0.00159. The molecule has 0 spiro atoms. The summed E-state index contributed by atoms with van der Waals surface area (Å²) in [7, 11) is 0. The summed E-state index contributed by atoms with van der Waals surface area (Å²) in [6.45, 7) is 1.42. The van der Waals surface area contributed by atoms with Crippen molar-refractivity contribution < 1.29 is 31.1 Å². The Bertz CT molecular complexity index is 445. The summed E-state index contributed by atoms with van der Waals surface area (Å²) >= 11 is 0. The van der Waals surface area contributed by atoms with Gasteiger partial charge in [0.2, 0.25) is 5.91 Å². The molecule has 0 bridgehead atoms. The highest BCUT2D eigenvalue weighted by molar-refractivity contribution is 5.90. The molecule has 0 aliphatic heterocycles. The third-order valence-electron chi connectivity index (χ3n) is 2.19. The van der Waals surface area contributed by atoms with Crippen molar-refractivity contribution in [3.8, 4) is 0 Å². The second-order valence-corrected chi connectivity index (χ2v) is 3.70. The van der Waals surface area contributed by atoms with Crippen LogP contribution in [0.15, 0.2) is 18.2 Å². The molecule has 0 aliphatic rings. The van der Waals surface area contributed by atoms with Gasteiger partial charge >= 0.3 is 12.4 Å². The van der Waals surface area contributed by atoms with Crippen LogP contribution in [0.5, 0.6) is 0 Å². The van der Waals surface area contributed by atoms with Gasteiger partial charge in [-0.15, -0.1) is 0 Å². The van der Waals surface area contributed by atoms with Crippen molar-refractivity contribution in [2.45, 2.75) is 25.7 Å². The standard InChI is InChI=1S/C11H9F6NO/c1-2-9(19)18-8-4-6(10(12,13)14)3-7(5-8)11(15,16)17/h3-5H,2H2,1H3,(H,18,19). The van der Waals surface area contributed by atoms with Crippen LogP contribution in [0.2, 0.25) is 0 Å². The van der Waals surface area contributed by atoms with E-state index in [-0.39, 0.29) is 12.5 Å². The van der Waals surface area contributed by atoms with Crippen LogP contribution in [-0.4, -0.2) is 5.91 Å². The molecule has 1 aromatic rings. The van der Waals surface area contributed by atoms with Crippen molar-refractivity contribution in [2.24, 2.45) is 0 Å². The highest BCUT2D eigenvalue weighted by atomic mass is 19.4. The normalized spacial score (nSPS) is 12.4. The molecule has 0 saturated heterocycles. The van der Waals surface area contributed by atoms with Crippen molar-refractivity contribution in [3.63, 3.8) is 0 Å². The van der Waals surface area contributed by atoms with Gasteiger partial charge in [0.1, 0.15) is 0 Å². The van der Waals surface area contributed by atoms with Crippen molar-refractivity contribution in [3.05, 3.63) is 29.3 Å². The van der Waals surface area contributed by atoms with Gasteiger partial charge in [-0.2, -0.15) is 26.3 Å². The maximum atomic E-state index is 12.5. The molecule has 0 radical (unpaired) electrons. The molecule has 19 heavy (non-hydrogen) atoms. The first-order valence-corrected chi connectivity index (χ1v) is 5.13. The Balaban J connectivity index is 3.29. The van der Waals surface area contributed by atoms with Crippen LogP contribution in [0.3, 0.4) is 0 Å². The van der Waals surface area contributed by atoms with Gasteiger partial charge < -0.3 is 5.32 Å². The molecule has 106 valence electrons. The van der Waals surface area contributed by atoms with E-state index in [1.807, 2.05) is 5.32 Å². The third-order valence-corrected chi connectivity index (χ3v) is 2.19. The summed E-state index contributed by atoms with van der Waals surface area (Å²) in [5, 5.41) is 1.98. The third kappa shape index (κ3) is 4.15. The molecule has 0 aromatic heterocycles. The zero-order chi connectivity index (χ0) is 14.8. The molecule has 1 aromatic carbocycles. The van der Waals surface area contributed by atoms with E-state index in [1.54, 1.807) is 0 Å². The van der Waals surface area contributed by atoms with E-state index in [1.165, 1.54) is 6.92 Å². The Hall–Kier alpha value is -1.73. The monoisotopic (exact) mass is 285 g/mol. The van der Waals surface area contributed by atoms with Crippen LogP contribution in [-0.2, 0) is 17.1 Å². The Morgan fingerprint density at radius 2 is 1.42 bits per heavy atom. The smallest absolute Gasteiger partial charge is 0.326 e. The van der Waals surface area contributed by atoms with Crippen molar-refractivity contribution in [1.29, 1.82) is 0 Å². The summed E-state index contributed by atoms with van der Waals surface area (Å²) in [4.78, 5) is 11.0. The van der Waals surface area contributed by atoms with Gasteiger partial charge in [-0.25, -0.2) is 0 Å². The Morgan fingerprint density at radius 1 is 1.00 bits per heavy atom. The second kappa shape index (κ2) is 5.10. The predicted molar refractivity (Wildman–Crippen MR) is 55.4 cm³/mol. The number of nitrogens with one attached hydrogen (secondary N) is 1. The van der Waals surface area contributed by atoms with Crippen LogP contribution in [0.1, 0.15) is 24.5 Å². The summed E-state index contributed by atoms with van der Waals surface area (Å²) in [5.41, 5.74) is -3.46. The Labute approximate surface area is 104 Å². The van der Waals surface area contributed by atoms with Gasteiger partial charge in [-0.3, -0.25) is 4.79 Å². The van der Waals surface area contributed by atoms with Gasteiger partial charge in [0.05, 0.1) is 11.1 Å². The quantitative estimate of drug-likeness (QED) is 0.815. The van der Waals surface area contributed by atoms with Crippen LogP contribution >= 0.6 is 0 Å². The molecule has 1 rings (SSSR count). The van der Waals surface area contributed by atoms with E-state index in [4.69, 9.17) is 0 Å². The maximum absolute atomic E-state index is 12.5. The average Bonchev–Trinajstić information content (AvgIpc) is 2.26. The molecule has 0 fully saturated rings. The van der Waals surface area contributed by atoms with Crippen molar-refractivity contribution >= 4 is 11.6 Å². The van der Waals surface area contributed by atoms with E-state index >= 15 is 0 Å². The van der Waals surface area contributed by atoms with Gasteiger partial charge in [0, 0.05) is 12.1 Å². The number of benzene rings is 1. The number of hydrogen-bond donors (Lipinski definition) is 1. The van der Waals surface area contributed by atoms with E-state index in [0.717, 1.165) is 0 Å². The molecule has 0 aliphatic carbocycles. The SMILES string of the molecule is CCC(=O)Nc1cc(C(F)(F)F)cc(C(F)(F)F)c1. The fraction of sp³-hybridized carbons (Fsp3) is 0.364. The number of alkyl halides is 6. The lowest BCUT2D eigenvalue weighted by Crippen LogP contribution is -2.14. The lowest BCUT2D eigenvalue weighted by Gasteiger charge is -2.14. The molecule has 1 amide bonds. The van der Waals surface area contributed by atoms with Gasteiger partial charge in [0.15, 0.2) is 0 Å².